The van der Waals surface area contributed by atoms with Crippen LogP contribution in [0.2, 0.25) is 0 Å². The Bertz CT molecular complexity index is 114. The third-order valence-corrected chi connectivity index (χ3v) is 1.21. The number of nitrogens with one attached hydrogen (secondary N) is 1. The number of hydrogen-bond acceptors (Lipinski definition) is 1. The normalized spacial score (nSPS) is 10.1. The zero-order chi connectivity index (χ0) is 8.15. The SMILES string of the molecule is CCC(=N)N(C)CC(F)F. The molecule has 0 saturated carbocycles. The summed E-state index contributed by atoms with van der Waals surface area (Å²) in [5, 5.41) is 7.13. The maximum Gasteiger partial charge on any atom is 0.255 e. The summed E-state index contributed by atoms with van der Waals surface area (Å²) in [6, 6.07) is 0. The molecule has 1 N–H and O–H groups in total. The highest BCUT2D eigenvalue weighted by molar-refractivity contribution is 5.78. The number of hydrogen-bond donors (Lipinski definition) is 1. The van der Waals surface area contributed by atoms with Crippen molar-refractivity contribution in [1.82, 2.24) is 4.90 Å². The van der Waals surface area contributed by atoms with Crippen LogP contribution >= 0.6 is 0 Å². The molecule has 60 valence electrons. The summed E-state index contributed by atoms with van der Waals surface area (Å²) < 4.78 is 23.3. The van der Waals surface area contributed by atoms with E-state index < -0.39 is 6.43 Å². The summed E-state index contributed by atoms with van der Waals surface area (Å²) in [5.74, 6) is 0.250. The van der Waals surface area contributed by atoms with Crippen molar-refractivity contribution < 1.29 is 8.78 Å². The van der Waals surface area contributed by atoms with E-state index in [0.717, 1.165) is 0 Å². The fraction of sp³-hybridized carbons (Fsp3) is 0.833. The van der Waals surface area contributed by atoms with E-state index in [9.17, 15) is 8.78 Å². The van der Waals surface area contributed by atoms with Gasteiger partial charge < -0.3 is 4.90 Å². The average molecular weight is 150 g/mol. The number of alkyl halides is 2. The maximum absolute atomic E-state index is 11.6. The van der Waals surface area contributed by atoms with Crippen molar-refractivity contribution in [2.24, 2.45) is 0 Å². The number of halogens is 2. The van der Waals surface area contributed by atoms with Gasteiger partial charge in [0.1, 0.15) is 0 Å². The van der Waals surface area contributed by atoms with Gasteiger partial charge in [-0.25, -0.2) is 8.78 Å². The topological polar surface area (TPSA) is 27.1 Å². The molecule has 0 atom stereocenters. The van der Waals surface area contributed by atoms with Gasteiger partial charge in [-0.05, 0) is 0 Å². The third kappa shape index (κ3) is 3.37. The second-order valence-electron chi connectivity index (χ2n) is 2.07. The molecule has 0 aromatic heterocycles. The first-order valence-electron chi connectivity index (χ1n) is 3.14. The molecule has 0 bridgehead atoms. The molecule has 4 heteroatoms. The van der Waals surface area contributed by atoms with Crippen LogP contribution in [0.1, 0.15) is 13.3 Å². The van der Waals surface area contributed by atoms with E-state index in [1.807, 2.05) is 0 Å². The summed E-state index contributed by atoms with van der Waals surface area (Å²) in [5.41, 5.74) is 0. The van der Waals surface area contributed by atoms with Crippen molar-refractivity contribution in [3.8, 4) is 0 Å². The van der Waals surface area contributed by atoms with Crippen LogP contribution in [-0.2, 0) is 0 Å². The molecule has 0 rings (SSSR count). The Labute approximate surface area is 59.3 Å². The number of amidine groups is 1. The monoisotopic (exact) mass is 150 g/mol. The van der Waals surface area contributed by atoms with E-state index in [-0.39, 0.29) is 12.4 Å². The highest BCUT2D eigenvalue weighted by Crippen LogP contribution is 1.97. The minimum Gasteiger partial charge on any atom is -0.358 e. The van der Waals surface area contributed by atoms with Crippen LogP contribution in [0.25, 0.3) is 0 Å². The average Bonchev–Trinajstić information content (AvgIpc) is 1.85. The first-order chi connectivity index (χ1) is 4.57. The molecule has 2 nitrogen and oxygen atoms in total. The van der Waals surface area contributed by atoms with E-state index in [1.165, 1.54) is 11.9 Å². The molecular weight excluding hydrogens is 138 g/mol. The van der Waals surface area contributed by atoms with Crippen LogP contribution in [0.3, 0.4) is 0 Å². The van der Waals surface area contributed by atoms with Gasteiger partial charge in [0.25, 0.3) is 6.43 Å². The molecule has 0 aromatic rings. The van der Waals surface area contributed by atoms with Crippen LogP contribution in [0, 0.1) is 5.41 Å². The maximum atomic E-state index is 11.6. The summed E-state index contributed by atoms with van der Waals surface area (Å²) >= 11 is 0. The van der Waals surface area contributed by atoms with Gasteiger partial charge in [-0.3, -0.25) is 5.41 Å². The molecule has 0 aliphatic heterocycles. The van der Waals surface area contributed by atoms with E-state index in [0.29, 0.717) is 6.42 Å². The first-order valence-corrected chi connectivity index (χ1v) is 3.14. The van der Waals surface area contributed by atoms with Gasteiger partial charge in [0.15, 0.2) is 0 Å². The molecule has 0 spiro atoms. The van der Waals surface area contributed by atoms with Crippen molar-refractivity contribution in [3.05, 3.63) is 0 Å². The molecule has 0 radical (unpaired) electrons. The predicted molar refractivity (Wildman–Crippen MR) is 36.7 cm³/mol. The van der Waals surface area contributed by atoms with Gasteiger partial charge in [0, 0.05) is 13.5 Å². The van der Waals surface area contributed by atoms with E-state index in [2.05, 4.69) is 0 Å². The quantitative estimate of drug-likeness (QED) is 0.480. The molecule has 0 aliphatic carbocycles. The van der Waals surface area contributed by atoms with Gasteiger partial charge in [0.05, 0.1) is 12.4 Å². The molecular formula is C6H12F2N2. The first kappa shape index (κ1) is 9.33. The Morgan fingerprint density at radius 3 is 2.40 bits per heavy atom. The Morgan fingerprint density at radius 1 is 1.60 bits per heavy atom. The molecule has 0 aromatic carbocycles. The minimum absolute atomic E-state index is 0.250. The highest BCUT2D eigenvalue weighted by Gasteiger charge is 2.08. The zero-order valence-corrected chi connectivity index (χ0v) is 6.19. The Morgan fingerprint density at radius 2 is 2.10 bits per heavy atom. The number of rotatable bonds is 3. The molecule has 0 aliphatic rings. The van der Waals surface area contributed by atoms with Crippen molar-refractivity contribution in [1.29, 1.82) is 5.41 Å². The molecule has 0 amide bonds. The molecule has 0 saturated heterocycles. The van der Waals surface area contributed by atoms with E-state index in [4.69, 9.17) is 5.41 Å². The summed E-state index contributed by atoms with van der Waals surface area (Å²) in [7, 11) is 1.50. The van der Waals surface area contributed by atoms with Crippen molar-refractivity contribution >= 4 is 5.84 Å². The van der Waals surface area contributed by atoms with Crippen LogP contribution < -0.4 is 0 Å². The Kier molecular flexibility index (Phi) is 3.91. The van der Waals surface area contributed by atoms with Crippen LogP contribution in [0.4, 0.5) is 8.78 Å². The van der Waals surface area contributed by atoms with Crippen molar-refractivity contribution in [2.75, 3.05) is 13.6 Å². The smallest absolute Gasteiger partial charge is 0.255 e. The highest BCUT2D eigenvalue weighted by atomic mass is 19.3. The zero-order valence-electron chi connectivity index (χ0n) is 6.19. The van der Waals surface area contributed by atoms with Gasteiger partial charge in [-0.15, -0.1) is 0 Å². The lowest BCUT2D eigenvalue weighted by Gasteiger charge is -2.17. The molecule has 10 heavy (non-hydrogen) atoms. The van der Waals surface area contributed by atoms with Gasteiger partial charge in [-0.2, -0.15) is 0 Å². The molecule has 0 heterocycles. The Hall–Kier alpha value is -0.670. The second-order valence-corrected chi connectivity index (χ2v) is 2.07. The van der Waals surface area contributed by atoms with Gasteiger partial charge in [0.2, 0.25) is 0 Å². The Balaban J connectivity index is 3.61. The lowest BCUT2D eigenvalue weighted by molar-refractivity contribution is 0.122. The minimum atomic E-state index is -2.35. The second kappa shape index (κ2) is 4.19. The van der Waals surface area contributed by atoms with E-state index in [1.54, 1.807) is 6.92 Å². The lowest BCUT2D eigenvalue weighted by atomic mass is 10.4. The largest absolute Gasteiger partial charge is 0.358 e. The summed E-state index contributed by atoms with van der Waals surface area (Å²) in [4.78, 5) is 1.25. The van der Waals surface area contributed by atoms with Crippen molar-refractivity contribution in [2.45, 2.75) is 19.8 Å². The summed E-state index contributed by atoms with van der Waals surface area (Å²) in [6.45, 7) is 1.43. The predicted octanol–water partition coefficient (Wildman–Crippen LogP) is 1.57. The number of nitrogens with zero attached hydrogens (tertiary/aromatic N) is 1. The van der Waals surface area contributed by atoms with Crippen LogP contribution in [0.15, 0.2) is 0 Å². The fourth-order valence-electron chi connectivity index (χ4n) is 0.587. The van der Waals surface area contributed by atoms with Crippen molar-refractivity contribution in [3.63, 3.8) is 0 Å². The standard InChI is InChI=1S/C6H12F2N2/c1-3-6(9)10(2)4-5(7)8/h5,9H,3-4H2,1-2H3. The van der Waals surface area contributed by atoms with Gasteiger partial charge >= 0.3 is 0 Å². The van der Waals surface area contributed by atoms with Crippen LogP contribution in [-0.4, -0.2) is 30.8 Å². The summed E-state index contributed by atoms with van der Waals surface area (Å²) in [6.07, 6.45) is -1.85. The van der Waals surface area contributed by atoms with Gasteiger partial charge in [-0.1, -0.05) is 6.92 Å². The molecule has 0 unspecified atom stereocenters. The lowest BCUT2D eigenvalue weighted by Crippen LogP contribution is -2.29. The van der Waals surface area contributed by atoms with Crippen LogP contribution in [0.5, 0.6) is 0 Å². The third-order valence-electron chi connectivity index (χ3n) is 1.21. The molecule has 0 fully saturated rings. The fourth-order valence-corrected chi connectivity index (χ4v) is 0.587. The van der Waals surface area contributed by atoms with E-state index >= 15 is 0 Å².